The summed E-state index contributed by atoms with van der Waals surface area (Å²) in [6.45, 7) is 5.08. The van der Waals surface area contributed by atoms with Gasteiger partial charge >= 0.3 is 0 Å². The predicted octanol–water partition coefficient (Wildman–Crippen LogP) is 1.08. The molecule has 1 fully saturated rings. The van der Waals surface area contributed by atoms with E-state index < -0.39 is 0 Å². The summed E-state index contributed by atoms with van der Waals surface area (Å²) in [5.74, 6) is 0.752. The van der Waals surface area contributed by atoms with Gasteiger partial charge in [0.1, 0.15) is 11.9 Å². The molecule has 0 N–H and O–H groups in total. The number of hydrogen-bond donors (Lipinski definition) is 0. The highest BCUT2D eigenvalue weighted by Crippen LogP contribution is 2.18. The number of nitrogens with zero attached hydrogens (tertiary/aromatic N) is 2. The van der Waals surface area contributed by atoms with Crippen LogP contribution in [0.15, 0.2) is 16.9 Å². The maximum Gasteiger partial charge on any atom is 0.254 e. The van der Waals surface area contributed by atoms with Crippen molar-refractivity contribution in [1.82, 2.24) is 9.47 Å². The quantitative estimate of drug-likeness (QED) is 0.821. The number of ether oxygens (including phenoxy) is 1. The van der Waals surface area contributed by atoms with Crippen molar-refractivity contribution in [2.75, 3.05) is 13.1 Å². The first-order valence-corrected chi connectivity index (χ1v) is 6.63. The molecule has 104 valence electrons. The van der Waals surface area contributed by atoms with Crippen molar-refractivity contribution in [2.24, 2.45) is 7.05 Å². The van der Waals surface area contributed by atoms with E-state index in [4.69, 9.17) is 4.74 Å². The number of rotatable bonds is 3. The zero-order valence-corrected chi connectivity index (χ0v) is 11.7. The van der Waals surface area contributed by atoms with Crippen LogP contribution in [-0.4, -0.2) is 34.6 Å². The van der Waals surface area contributed by atoms with Crippen LogP contribution in [-0.2, 0) is 11.8 Å². The molecule has 5 heteroatoms. The van der Waals surface area contributed by atoms with Gasteiger partial charge in [-0.1, -0.05) is 6.92 Å². The van der Waals surface area contributed by atoms with Crippen molar-refractivity contribution in [1.29, 1.82) is 0 Å². The van der Waals surface area contributed by atoms with E-state index in [1.807, 2.05) is 24.8 Å². The molecule has 1 aliphatic heterocycles. The first kappa shape index (κ1) is 13.6. The van der Waals surface area contributed by atoms with Gasteiger partial charge in [0.2, 0.25) is 5.91 Å². The molecule has 0 radical (unpaired) electrons. The summed E-state index contributed by atoms with van der Waals surface area (Å²) in [5, 5.41) is 0. The summed E-state index contributed by atoms with van der Waals surface area (Å²) >= 11 is 0. The molecule has 0 bridgehead atoms. The Hall–Kier alpha value is -1.78. The Kier molecular flexibility index (Phi) is 3.93. The predicted molar refractivity (Wildman–Crippen MR) is 72.3 cm³/mol. The number of aryl methyl sites for hydroxylation is 1. The van der Waals surface area contributed by atoms with E-state index in [1.54, 1.807) is 11.6 Å². The lowest BCUT2D eigenvalue weighted by molar-refractivity contribution is -0.130. The van der Waals surface area contributed by atoms with E-state index in [-0.39, 0.29) is 17.6 Å². The molecule has 1 amide bonds. The summed E-state index contributed by atoms with van der Waals surface area (Å²) in [5.41, 5.74) is 0.788. The lowest BCUT2D eigenvalue weighted by atomic mass is 10.3. The average Bonchev–Trinajstić information content (AvgIpc) is 2.83. The summed E-state index contributed by atoms with van der Waals surface area (Å²) < 4.78 is 7.39. The molecule has 0 saturated carbocycles. The van der Waals surface area contributed by atoms with Gasteiger partial charge in [0.25, 0.3) is 5.56 Å². The Morgan fingerprint density at radius 2 is 2.21 bits per heavy atom. The second-order valence-electron chi connectivity index (χ2n) is 4.95. The third kappa shape index (κ3) is 2.97. The Bertz CT molecular complexity index is 536. The van der Waals surface area contributed by atoms with Crippen LogP contribution in [0.2, 0.25) is 0 Å². The van der Waals surface area contributed by atoms with Crippen molar-refractivity contribution in [3.05, 3.63) is 28.2 Å². The molecule has 1 atom stereocenters. The highest BCUT2D eigenvalue weighted by molar-refractivity contribution is 5.76. The van der Waals surface area contributed by atoms with E-state index in [9.17, 15) is 9.59 Å². The zero-order chi connectivity index (χ0) is 14.0. The fraction of sp³-hybridized carbons (Fsp3) is 0.571. The molecule has 19 heavy (non-hydrogen) atoms. The topological polar surface area (TPSA) is 51.5 Å². The standard InChI is InChI=1S/C14H20N2O3/c1-4-13(17)16-6-5-11(9-16)19-12-7-10(2)15(3)14(18)8-12/h7-8,11H,4-6,9H2,1-3H3. The maximum atomic E-state index is 11.7. The minimum atomic E-state index is -0.0745. The van der Waals surface area contributed by atoms with Crippen LogP contribution in [0.4, 0.5) is 0 Å². The highest BCUT2D eigenvalue weighted by Gasteiger charge is 2.26. The number of aromatic nitrogens is 1. The molecule has 1 aromatic rings. The van der Waals surface area contributed by atoms with E-state index >= 15 is 0 Å². The monoisotopic (exact) mass is 264 g/mol. The van der Waals surface area contributed by atoms with Gasteiger partial charge in [-0.05, 0) is 13.0 Å². The summed E-state index contributed by atoms with van der Waals surface area (Å²) in [7, 11) is 1.73. The van der Waals surface area contributed by atoms with Gasteiger partial charge in [-0.15, -0.1) is 0 Å². The van der Waals surface area contributed by atoms with Gasteiger partial charge in [-0.3, -0.25) is 9.59 Å². The normalized spacial score (nSPS) is 18.7. The molecule has 1 saturated heterocycles. The molecule has 1 aliphatic rings. The van der Waals surface area contributed by atoms with Crippen molar-refractivity contribution in [3.8, 4) is 5.75 Å². The van der Waals surface area contributed by atoms with Gasteiger partial charge in [0.05, 0.1) is 6.54 Å². The summed E-state index contributed by atoms with van der Waals surface area (Å²) in [4.78, 5) is 25.1. The maximum absolute atomic E-state index is 11.7. The molecule has 1 unspecified atom stereocenters. The van der Waals surface area contributed by atoms with Crippen molar-refractivity contribution in [3.63, 3.8) is 0 Å². The van der Waals surface area contributed by atoms with E-state index in [0.717, 1.165) is 18.7 Å². The molecule has 0 spiro atoms. The number of carbonyl (C=O) groups is 1. The van der Waals surface area contributed by atoms with E-state index in [1.165, 1.54) is 6.07 Å². The van der Waals surface area contributed by atoms with Crippen LogP contribution >= 0.6 is 0 Å². The minimum absolute atomic E-state index is 0.0120. The Morgan fingerprint density at radius 3 is 2.84 bits per heavy atom. The SMILES string of the molecule is CCC(=O)N1CCC(Oc2cc(C)n(C)c(=O)c2)C1. The minimum Gasteiger partial charge on any atom is -0.488 e. The fourth-order valence-corrected chi connectivity index (χ4v) is 2.27. The first-order valence-electron chi connectivity index (χ1n) is 6.63. The average molecular weight is 264 g/mol. The lowest BCUT2D eigenvalue weighted by Crippen LogP contribution is -2.30. The third-order valence-corrected chi connectivity index (χ3v) is 3.58. The first-order chi connectivity index (χ1) is 9.01. The molecule has 2 heterocycles. The number of carbonyl (C=O) groups excluding carboxylic acids is 1. The zero-order valence-electron chi connectivity index (χ0n) is 11.7. The number of amides is 1. The summed E-state index contributed by atoms with van der Waals surface area (Å²) in [6, 6.07) is 3.35. The molecule has 5 nitrogen and oxygen atoms in total. The largest absolute Gasteiger partial charge is 0.488 e. The molecule has 0 aliphatic carbocycles. The van der Waals surface area contributed by atoms with Crippen LogP contribution in [0.1, 0.15) is 25.5 Å². The van der Waals surface area contributed by atoms with E-state index in [0.29, 0.717) is 18.7 Å². The van der Waals surface area contributed by atoms with Crippen molar-refractivity contribution >= 4 is 5.91 Å². The van der Waals surface area contributed by atoms with Crippen LogP contribution in [0.5, 0.6) is 5.75 Å². The number of likely N-dealkylation sites (tertiary alicyclic amines) is 1. The molecule has 1 aromatic heterocycles. The number of hydrogen-bond acceptors (Lipinski definition) is 3. The Balaban J connectivity index is 2.03. The third-order valence-electron chi connectivity index (χ3n) is 3.58. The van der Waals surface area contributed by atoms with Gasteiger partial charge in [0, 0.05) is 38.2 Å². The van der Waals surface area contributed by atoms with Gasteiger partial charge < -0.3 is 14.2 Å². The smallest absolute Gasteiger partial charge is 0.254 e. The van der Waals surface area contributed by atoms with Crippen molar-refractivity contribution in [2.45, 2.75) is 32.8 Å². The van der Waals surface area contributed by atoms with Gasteiger partial charge in [0.15, 0.2) is 0 Å². The van der Waals surface area contributed by atoms with Gasteiger partial charge in [-0.2, -0.15) is 0 Å². The van der Waals surface area contributed by atoms with E-state index in [2.05, 4.69) is 0 Å². The molecular formula is C14H20N2O3. The molecule has 2 rings (SSSR count). The second kappa shape index (κ2) is 5.47. The van der Waals surface area contributed by atoms with Gasteiger partial charge in [-0.25, -0.2) is 0 Å². The fourth-order valence-electron chi connectivity index (χ4n) is 2.27. The number of pyridine rings is 1. The Morgan fingerprint density at radius 1 is 1.47 bits per heavy atom. The van der Waals surface area contributed by atoms with Crippen LogP contribution in [0, 0.1) is 6.92 Å². The van der Waals surface area contributed by atoms with Crippen molar-refractivity contribution < 1.29 is 9.53 Å². The second-order valence-corrected chi connectivity index (χ2v) is 4.95. The Labute approximate surface area is 112 Å². The van der Waals surface area contributed by atoms with Crippen LogP contribution in [0.25, 0.3) is 0 Å². The van der Waals surface area contributed by atoms with Crippen LogP contribution in [0.3, 0.4) is 0 Å². The van der Waals surface area contributed by atoms with Crippen LogP contribution < -0.4 is 10.3 Å². The summed E-state index contributed by atoms with van der Waals surface area (Å²) in [6.07, 6.45) is 1.33. The lowest BCUT2D eigenvalue weighted by Gasteiger charge is -2.17. The molecule has 0 aromatic carbocycles. The highest BCUT2D eigenvalue weighted by atomic mass is 16.5. The molecular weight excluding hydrogens is 244 g/mol.